The maximum absolute atomic E-state index is 12.6. The van der Waals surface area contributed by atoms with Gasteiger partial charge >= 0.3 is 5.97 Å². The largest absolute Gasteiger partial charge is 0.462 e. The third kappa shape index (κ3) is 4.58. The first kappa shape index (κ1) is 20.6. The van der Waals surface area contributed by atoms with Gasteiger partial charge in [0.05, 0.1) is 13.2 Å². The summed E-state index contributed by atoms with van der Waals surface area (Å²) >= 11 is 0. The van der Waals surface area contributed by atoms with Crippen LogP contribution in [0.5, 0.6) is 0 Å². The van der Waals surface area contributed by atoms with Crippen LogP contribution in [0.25, 0.3) is 0 Å². The molecule has 0 N–H and O–H groups in total. The molecule has 2 atom stereocenters. The molecule has 0 aliphatic heterocycles. The maximum atomic E-state index is 12.6. The number of carbonyl (C=O) groups excluding carboxylic acids is 1. The topological polar surface area (TPSA) is 69.7 Å². The number of benzene rings is 1. The third-order valence-electron chi connectivity index (χ3n) is 6.89. The molecule has 0 radical (unpaired) electrons. The molecule has 4 aliphatic carbocycles. The van der Waals surface area contributed by atoms with E-state index in [1.165, 1.54) is 6.42 Å². The number of rotatable bonds is 8. The number of hydrogen-bond donors (Lipinski definition) is 0. The average molecular weight is 419 g/mol. The van der Waals surface area contributed by atoms with Crippen molar-refractivity contribution in [3.8, 4) is 0 Å². The first-order valence-corrected chi connectivity index (χ1v) is 12.0. The van der Waals surface area contributed by atoms with Gasteiger partial charge in [0, 0.05) is 11.0 Å². The first-order valence-electron chi connectivity index (χ1n) is 10.4. The van der Waals surface area contributed by atoms with E-state index in [-0.39, 0.29) is 29.2 Å². The number of carbonyl (C=O) groups is 1. The standard InChI is InChI=1S/C23H30O5S/c1-17(2)21(24)27-15-22-9-19-8-20(10-22)12-23(11-19,14-22)16-28-29(25,26)13-18-6-4-3-5-7-18/h3-7,19-20H,1,8-16H2,2H3. The van der Waals surface area contributed by atoms with Gasteiger partial charge in [-0.1, -0.05) is 36.9 Å². The van der Waals surface area contributed by atoms with Crippen molar-refractivity contribution in [1.82, 2.24) is 0 Å². The van der Waals surface area contributed by atoms with Crippen LogP contribution in [0.1, 0.15) is 51.0 Å². The molecule has 0 amide bonds. The third-order valence-corrected chi connectivity index (χ3v) is 8.06. The maximum Gasteiger partial charge on any atom is 0.333 e. The van der Waals surface area contributed by atoms with E-state index in [1.807, 2.05) is 18.2 Å². The lowest BCUT2D eigenvalue weighted by atomic mass is 9.44. The Labute approximate surface area is 173 Å². The smallest absolute Gasteiger partial charge is 0.333 e. The average Bonchev–Trinajstić information content (AvgIpc) is 2.64. The van der Waals surface area contributed by atoms with E-state index < -0.39 is 10.1 Å². The molecule has 0 spiro atoms. The van der Waals surface area contributed by atoms with Crippen LogP contribution >= 0.6 is 0 Å². The summed E-state index contributed by atoms with van der Waals surface area (Å²) in [7, 11) is -3.63. The second-order valence-electron chi connectivity index (χ2n) is 9.77. The van der Waals surface area contributed by atoms with Gasteiger partial charge in [0.2, 0.25) is 0 Å². The molecule has 0 saturated heterocycles. The summed E-state index contributed by atoms with van der Waals surface area (Å²) in [6.45, 7) is 5.97. The van der Waals surface area contributed by atoms with E-state index in [2.05, 4.69) is 6.58 Å². The molecule has 1 aromatic carbocycles. The van der Waals surface area contributed by atoms with E-state index in [0.29, 0.717) is 24.0 Å². The van der Waals surface area contributed by atoms with Crippen LogP contribution in [0.3, 0.4) is 0 Å². The highest BCUT2D eigenvalue weighted by Gasteiger charge is 2.58. The Morgan fingerprint density at radius 2 is 1.66 bits per heavy atom. The molecule has 6 heteroatoms. The molecule has 4 bridgehead atoms. The van der Waals surface area contributed by atoms with Crippen LogP contribution < -0.4 is 0 Å². The fraction of sp³-hybridized carbons (Fsp3) is 0.609. The Kier molecular flexibility index (Phi) is 5.36. The Balaban J connectivity index is 1.43. The van der Waals surface area contributed by atoms with Crippen molar-refractivity contribution in [2.45, 2.75) is 51.2 Å². The Hall–Kier alpha value is -1.66. The fourth-order valence-electron chi connectivity index (χ4n) is 6.36. The number of ether oxygens (including phenoxy) is 1. The van der Waals surface area contributed by atoms with Gasteiger partial charge in [-0.05, 0) is 68.3 Å². The minimum atomic E-state index is -3.63. The van der Waals surface area contributed by atoms with Gasteiger partial charge in [0.15, 0.2) is 0 Å². The highest BCUT2D eigenvalue weighted by molar-refractivity contribution is 7.85. The molecule has 29 heavy (non-hydrogen) atoms. The lowest BCUT2D eigenvalue weighted by molar-refractivity contribution is -0.165. The highest BCUT2D eigenvalue weighted by Crippen LogP contribution is 2.65. The molecule has 4 fully saturated rings. The monoisotopic (exact) mass is 418 g/mol. The van der Waals surface area contributed by atoms with Crippen molar-refractivity contribution in [3.05, 3.63) is 48.0 Å². The lowest BCUT2D eigenvalue weighted by Crippen LogP contribution is -2.55. The van der Waals surface area contributed by atoms with E-state index >= 15 is 0 Å². The van der Waals surface area contributed by atoms with Crippen LogP contribution in [0.15, 0.2) is 42.5 Å². The zero-order valence-electron chi connectivity index (χ0n) is 17.1. The Morgan fingerprint density at radius 1 is 1.07 bits per heavy atom. The Bertz CT molecular complexity index is 875. The molecule has 5 rings (SSSR count). The van der Waals surface area contributed by atoms with Gasteiger partial charge in [0.1, 0.15) is 5.75 Å². The quantitative estimate of drug-likeness (QED) is 0.359. The normalized spacial score (nSPS) is 32.9. The highest BCUT2D eigenvalue weighted by atomic mass is 32.2. The Morgan fingerprint density at radius 3 is 2.24 bits per heavy atom. The van der Waals surface area contributed by atoms with Crippen LogP contribution in [0.4, 0.5) is 0 Å². The summed E-state index contributed by atoms with van der Waals surface area (Å²) in [5.41, 5.74) is 0.992. The van der Waals surface area contributed by atoms with E-state index in [4.69, 9.17) is 8.92 Å². The van der Waals surface area contributed by atoms with Crippen LogP contribution in [0.2, 0.25) is 0 Å². The van der Waals surface area contributed by atoms with Crippen molar-refractivity contribution in [2.24, 2.45) is 22.7 Å². The predicted octanol–water partition coefficient (Wildman–Crippen LogP) is 4.24. The number of hydrogen-bond acceptors (Lipinski definition) is 5. The molecule has 0 aromatic heterocycles. The van der Waals surface area contributed by atoms with Gasteiger partial charge < -0.3 is 4.74 Å². The summed E-state index contributed by atoms with van der Waals surface area (Å²) in [4.78, 5) is 11.9. The number of esters is 1. The van der Waals surface area contributed by atoms with E-state index in [0.717, 1.165) is 37.7 Å². The lowest BCUT2D eigenvalue weighted by Gasteiger charge is -2.61. The molecule has 1 aromatic rings. The molecule has 5 nitrogen and oxygen atoms in total. The van der Waals surface area contributed by atoms with Gasteiger partial charge in [-0.2, -0.15) is 8.42 Å². The molecule has 2 unspecified atom stereocenters. The molecular formula is C23H30O5S. The molecule has 4 aliphatic rings. The minimum Gasteiger partial charge on any atom is -0.462 e. The molecule has 4 saturated carbocycles. The predicted molar refractivity (Wildman–Crippen MR) is 110 cm³/mol. The second kappa shape index (κ2) is 7.55. The van der Waals surface area contributed by atoms with Gasteiger partial charge in [-0.15, -0.1) is 0 Å². The summed E-state index contributed by atoms with van der Waals surface area (Å²) in [5, 5.41) is 0. The van der Waals surface area contributed by atoms with Crippen LogP contribution in [0, 0.1) is 22.7 Å². The summed E-state index contributed by atoms with van der Waals surface area (Å²) < 4.78 is 36.3. The minimum absolute atomic E-state index is 0.0399. The SMILES string of the molecule is C=C(C)C(=O)OCC12CC3CC(C1)CC(COS(=O)(=O)Cc1ccccc1)(C3)C2. The van der Waals surface area contributed by atoms with Gasteiger partial charge in [0.25, 0.3) is 10.1 Å². The summed E-state index contributed by atoms with van der Waals surface area (Å²) in [5.74, 6) is 0.704. The van der Waals surface area contributed by atoms with E-state index in [1.54, 1.807) is 19.1 Å². The molecular weight excluding hydrogens is 388 g/mol. The first-order chi connectivity index (χ1) is 13.7. The van der Waals surface area contributed by atoms with Crippen molar-refractivity contribution in [2.75, 3.05) is 13.2 Å². The van der Waals surface area contributed by atoms with Crippen molar-refractivity contribution in [3.63, 3.8) is 0 Å². The van der Waals surface area contributed by atoms with E-state index in [9.17, 15) is 13.2 Å². The van der Waals surface area contributed by atoms with Crippen molar-refractivity contribution >= 4 is 16.1 Å². The summed E-state index contributed by atoms with van der Waals surface area (Å²) in [6.07, 6.45) is 6.23. The van der Waals surface area contributed by atoms with Gasteiger partial charge in [-0.3, -0.25) is 4.18 Å². The fourth-order valence-corrected chi connectivity index (χ4v) is 7.48. The zero-order chi connectivity index (χ0) is 20.7. The zero-order valence-corrected chi connectivity index (χ0v) is 17.9. The summed E-state index contributed by atoms with van der Waals surface area (Å²) in [6, 6.07) is 9.14. The molecule has 158 valence electrons. The van der Waals surface area contributed by atoms with Crippen molar-refractivity contribution < 1.29 is 22.1 Å². The van der Waals surface area contributed by atoms with Crippen LogP contribution in [-0.2, 0) is 29.6 Å². The molecule has 0 heterocycles. The van der Waals surface area contributed by atoms with Crippen LogP contribution in [-0.4, -0.2) is 27.6 Å². The van der Waals surface area contributed by atoms with Crippen molar-refractivity contribution in [1.29, 1.82) is 0 Å². The van der Waals surface area contributed by atoms with Gasteiger partial charge in [-0.25, -0.2) is 4.79 Å². The second-order valence-corrected chi connectivity index (χ2v) is 11.4.